The van der Waals surface area contributed by atoms with Crippen molar-refractivity contribution in [3.63, 3.8) is 0 Å². The van der Waals surface area contributed by atoms with Crippen molar-refractivity contribution in [2.45, 2.75) is 18.2 Å². The standard InChI is InChI=1S/C13H13F3N2O2/c14-13(15,16)9-3-1-2-4-10(9)18-8-12(20-11(18)19)5-6-17-7-12/h1-4,17H,5-8H2. The van der Waals surface area contributed by atoms with Crippen LogP contribution < -0.4 is 10.2 Å². The van der Waals surface area contributed by atoms with E-state index in [0.717, 1.165) is 11.0 Å². The average molecular weight is 286 g/mol. The van der Waals surface area contributed by atoms with Gasteiger partial charge in [-0.15, -0.1) is 0 Å². The molecular formula is C13H13F3N2O2. The quantitative estimate of drug-likeness (QED) is 0.862. The molecule has 1 amide bonds. The van der Waals surface area contributed by atoms with Gasteiger partial charge in [-0.2, -0.15) is 13.2 Å². The summed E-state index contributed by atoms with van der Waals surface area (Å²) in [6, 6.07) is 5.06. The second-order valence-corrected chi connectivity index (χ2v) is 5.08. The molecule has 1 spiro atoms. The van der Waals surface area contributed by atoms with E-state index in [9.17, 15) is 18.0 Å². The van der Waals surface area contributed by atoms with Crippen LogP contribution in [0.15, 0.2) is 24.3 Å². The fourth-order valence-electron chi connectivity index (χ4n) is 2.70. The van der Waals surface area contributed by atoms with E-state index in [1.54, 1.807) is 0 Å². The van der Waals surface area contributed by atoms with Crippen molar-refractivity contribution in [3.05, 3.63) is 29.8 Å². The van der Waals surface area contributed by atoms with Crippen LogP contribution in [0.2, 0.25) is 0 Å². The van der Waals surface area contributed by atoms with Gasteiger partial charge < -0.3 is 10.1 Å². The summed E-state index contributed by atoms with van der Waals surface area (Å²) >= 11 is 0. The summed E-state index contributed by atoms with van der Waals surface area (Å²) in [7, 11) is 0. The van der Waals surface area contributed by atoms with Crippen LogP contribution in [0.3, 0.4) is 0 Å². The number of hydrogen-bond acceptors (Lipinski definition) is 3. The van der Waals surface area contributed by atoms with Crippen LogP contribution in [-0.4, -0.2) is 31.3 Å². The fourth-order valence-corrected chi connectivity index (χ4v) is 2.70. The minimum Gasteiger partial charge on any atom is -0.439 e. The highest BCUT2D eigenvalue weighted by molar-refractivity contribution is 5.91. The summed E-state index contributed by atoms with van der Waals surface area (Å²) in [4.78, 5) is 13.0. The molecule has 2 aliphatic heterocycles. The number of carbonyl (C=O) groups excluding carboxylic acids is 1. The second-order valence-electron chi connectivity index (χ2n) is 5.08. The molecule has 3 rings (SSSR count). The molecule has 1 aromatic carbocycles. The molecule has 2 saturated heterocycles. The number of amides is 1. The SMILES string of the molecule is O=C1OC2(CCNC2)CN1c1ccccc1C(F)(F)F. The lowest BCUT2D eigenvalue weighted by atomic mass is 10.0. The smallest absolute Gasteiger partial charge is 0.418 e. The summed E-state index contributed by atoms with van der Waals surface area (Å²) in [6.45, 7) is 1.32. The first-order valence-electron chi connectivity index (χ1n) is 6.29. The van der Waals surface area contributed by atoms with E-state index in [1.165, 1.54) is 18.2 Å². The Balaban J connectivity index is 1.96. The number of nitrogens with one attached hydrogen (secondary N) is 1. The average Bonchev–Trinajstić information content (AvgIpc) is 2.96. The van der Waals surface area contributed by atoms with Crippen molar-refractivity contribution < 1.29 is 22.7 Å². The van der Waals surface area contributed by atoms with Gasteiger partial charge in [0.1, 0.15) is 5.60 Å². The summed E-state index contributed by atoms with van der Waals surface area (Å²) in [6.07, 6.45) is -4.60. The molecular weight excluding hydrogens is 273 g/mol. The second kappa shape index (κ2) is 4.37. The van der Waals surface area contributed by atoms with Crippen LogP contribution >= 0.6 is 0 Å². The summed E-state index contributed by atoms with van der Waals surface area (Å²) in [5.41, 5.74) is -1.66. The Kier molecular flexibility index (Phi) is 2.89. The van der Waals surface area contributed by atoms with Gasteiger partial charge >= 0.3 is 12.3 Å². The van der Waals surface area contributed by atoms with Gasteiger partial charge in [0.05, 0.1) is 17.8 Å². The molecule has 0 bridgehead atoms. The predicted octanol–water partition coefficient (Wildman–Crippen LogP) is 2.39. The van der Waals surface area contributed by atoms with Gasteiger partial charge in [-0.1, -0.05) is 12.1 Å². The molecule has 4 nitrogen and oxygen atoms in total. The molecule has 7 heteroatoms. The first-order chi connectivity index (χ1) is 9.41. The summed E-state index contributed by atoms with van der Waals surface area (Å²) < 4.78 is 44.3. The zero-order valence-electron chi connectivity index (χ0n) is 10.5. The highest BCUT2D eigenvalue weighted by Crippen LogP contribution is 2.40. The number of alkyl halides is 3. The van der Waals surface area contributed by atoms with Gasteiger partial charge in [-0.05, 0) is 18.7 Å². The zero-order valence-corrected chi connectivity index (χ0v) is 10.5. The van der Waals surface area contributed by atoms with E-state index in [1.807, 2.05) is 0 Å². The van der Waals surface area contributed by atoms with Crippen LogP contribution in [0.1, 0.15) is 12.0 Å². The molecule has 108 valence electrons. The number of carbonyl (C=O) groups is 1. The maximum atomic E-state index is 13.0. The van der Waals surface area contributed by atoms with Crippen molar-refractivity contribution in [2.24, 2.45) is 0 Å². The van der Waals surface area contributed by atoms with Crippen LogP contribution in [0.5, 0.6) is 0 Å². The largest absolute Gasteiger partial charge is 0.439 e. The number of halogens is 3. The Labute approximate surface area is 113 Å². The van der Waals surface area contributed by atoms with E-state index >= 15 is 0 Å². The van der Waals surface area contributed by atoms with Crippen LogP contribution in [0.25, 0.3) is 0 Å². The summed E-state index contributed by atoms with van der Waals surface area (Å²) in [5.74, 6) is 0. The maximum Gasteiger partial charge on any atom is 0.418 e. The minimum atomic E-state index is -4.50. The Morgan fingerprint density at radius 2 is 2.05 bits per heavy atom. The highest BCUT2D eigenvalue weighted by atomic mass is 19.4. The highest BCUT2D eigenvalue weighted by Gasteiger charge is 2.49. The number of rotatable bonds is 1. The third kappa shape index (κ3) is 2.11. The van der Waals surface area contributed by atoms with Gasteiger partial charge in [0, 0.05) is 13.0 Å². The monoisotopic (exact) mass is 286 g/mol. The number of hydrogen-bond donors (Lipinski definition) is 1. The van der Waals surface area contributed by atoms with E-state index in [-0.39, 0.29) is 12.2 Å². The normalized spacial score (nSPS) is 26.4. The lowest BCUT2D eigenvalue weighted by Crippen LogP contribution is -2.37. The Morgan fingerprint density at radius 1 is 1.30 bits per heavy atom. The van der Waals surface area contributed by atoms with Crippen molar-refractivity contribution >= 4 is 11.8 Å². The molecule has 2 fully saturated rings. The molecule has 2 heterocycles. The number of benzene rings is 1. The minimum absolute atomic E-state index is 0.145. The molecule has 1 aromatic rings. The molecule has 0 aromatic heterocycles. The van der Waals surface area contributed by atoms with Crippen LogP contribution in [0, 0.1) is 0 Å². The zero-order chi connectivity index (χ0) is 14.4. The molecule has 1 unspecified atom stereocenters. The lowest BCUT2D eigenvalue weighted by Gasteiger charge is -2.21. The van der Waals surface area contributed by atoms with Crippen molar-refractivity contribution in [3.8, 4) is 0 Å². The molecule has 20 heavy (non-hydrogen) atoms. The summed E-state index contributed by atoms with van der Waals surface area (Å²) in [5, 5.41) is 3.07. The van der Waals surface area contributed by atoms with Gasteiger partial charge in [0.2, 0.25) is 0 Å². The molecule has 2 aliphatic rings. The molecule has 1 N–H and O–H groups in total. The number of para-hydroxylation sites is 1. The number of nitrogens with zero attached hydrogens (tertiary/aromatic N) is 1. The molecule has 0 aliphatic carbocycles. The van der Waals surface area contributed by atoms with Gasteiger partial charge in [0.25, 0.3) is 0 Å². The van der Waals surface area contributed by atoms with E-state index < -0.39 is 23.4 Å². The van der Waals surface area contributed by atoms with Crippen LogP contribution in [-0.2, 0) is 10.9 Å². The Hall–Kier alpha value is -1.76. The van der Waals surface area contributed by atoms with Gasteiger partial charge in [0.15, 0.2) is 0 Å². The van der Waals surface area contributed by atoms with Crippen molar-refractivity contribution in [2.75, 3.05) is 24.5 Å². The topological polar surface area (TPSA) is 41.6 Å². The Morgan fingerprint density at radius 3 is 2.70 bits per heavy atom. The number of anilines is 1. The Bertz CT molecular complexity index is 539. The van der Waals surface area contributed by atoms with Crippen molar-refractivity contribution in [1.82, 2.24) is 5.32 Å². The molecule has 1 atom stereocenters. The maximum absolute atomic E-state index is 13.0. The van der Waals surface area contributed by atoms with E-state index in [0.29, 0.717) is 19.5 Å². The first kappa shape index (κ1) is 13.2. The van der Waals surface area contributed by atoms with Gasteiger partial charge in [-0.25, -0.2) is 4.79 Å². The van der Waals surface area contributed by atoms with Gasteiger partial charge in [-0.3, -0.25) is 4.90 Å². The number of ether oxygens (including phenoxy) is 1. The van der Waals surface area contributed by atoms with Crippen molar-refractivity contribution in [1.29, 1.82) is 0 Å². The van der Waals surface area contributed by atoms with E-state index in [2.05, 4.69) is 5.32 Å². The lowest BCUT2D eigenvalue weighted by molar-refractivity contribution is -0.137. The van der Waals surface area contributed by atoms with Crippen LogP contribution in [0.4, 0.5) is 23.7 Å². The predicted molar refractivity (Wildman–Crippen MR) is 65.5 cm³/mol. The van der Waals surface area contributed by atoms with E-state index in [4.69, 9.17) is 4.74 Å². The third-order valence-corrected chi connectivity index (χ3v) is 3.68. The molecule has 0 saturated carbocycles. The fraction of sp³-hybridized carbons (Fsp3) is 0.462. The third-order valence-electron chi connectivity index (χ3n) is 3.68. The molecule has 0 radical (unpaired) electrons. The first-order valence-corrected chi connectivity index (χ1v) is 6.29.